The number of hydrogen-bond donors (Lipinski definition) is 0. The fourth-order valence-corrected chi connectivity index (χ4v) is 3.63. The second-order valence-corrected chi connectivity index (χ2v) is 8.13. The van der Waals surface area contributed by atoms with E-state index in [0.717, 1.165) is 12.6 Å². The highest BCUT2D eigenvalue weighted by Crippen LogP contribution is 2.32. The molecule has 0 saturated heterocycles. The maximum atomic E-state index is 12.6. The molecule has 0 heterocycles. The smallest absolute Gasteiger partial charge is 0.471 e. The first-order chi connectivity index (χ1) is 14.6. The molecular formula is C22H24F3NO4S. The van der Waals surface area contributed by atoms with Crippen LogP contribution in [0, 0.1) is 6.92 Å². The minimum absolute atomic E-state index is 0.134. The summed E-state index contributed by atoms with van der Waals surface area (Å²) in [7, 11) is 2.59. The summed E-state index contributed by atoms with van der Waals surface area (Å²) in [5.41, 5.74) is 2.27. The van der Waals surface area contributed by atoms with Crippen molar-refractivity contribution in [1.29, 1.82) is 0 Å². The van der Waals surface area contributed by atoms with E-state index in [4.69, 9.17) is 9.47 Å². The lowest BCUT2D eigenvalue weighted by Gasteiger charge is -2.20. The average molecular weight is 455 g/mol. The van der Waals surface area contributed by atoms with Gasteiger partial charge >= 0.3 is 12.1 Å². The first-order valence-corrected chi connectivity index (χ1v) is 10.5. The van der Waals surface area contributed by atoms with E-state index in [-0.39, 0.29) is 13.0 Å². The van der Waals surface area contributed by atoms with E-state index in [1.165, 1.54) is 19.6 Å². The molecule has 1 amide bonds. The normalized spacial score (nSPS) is 12.6. The van der Waals surface area contributed by atoms with Gasteiger partial charge in [-0.05, 0) is 54.8 Å². The van der Waals surface area contributed by atoms with E-state index < -0.39 is 22.9 Å². The quantitative estimate of drug-likeness (QED) is 0.594. The topological polar surface area (TPSA) is 55.8 Å². The summed E-state index contributed by atoms with van der Waals surface area (Å²) >= 11 is 0. The predicted molar refractivity (Wildman–Crippen MR) is 114 cm³/mol. The predicted octanol–water partition coefficient (Wildman–Crippen LogP) is 4.35. The molecule has 0 fully saturated rings. The molecule has 5 nitrogen and oxygen atoms in total. The lowest BCUT2D eigenvalue weighted by Crippen LogP contribution is -2.39. The SMILES string of the molecule is COc1cc(/C=C/S(=O)c2ccc(C)cc2)c(CCN(C)C(=O)C(F)(F)F)cc1OC. The van der Waals surface area contributed by atoms with Crippen LogP contribution < -0.4 is 9.47 Å². The molecule has 0 spiro atoms. The van der Waals surface area contributed by atoms with E-state index in [1.54, 1.807) is 30.3 Å². The molecule has 31 heavy (non-hydrogen) atoms. The third-order valence-corrected chi connectivity index (χ3v) is 5.70. The number of carbonyl (C=O) groups excluding carboxylic acids is 1. The monoisotopic (exact) mass is 455 g/mol. The van der Waals surface area contributed by atoms with Crippen LogP contribution in [0.25, 0.3) is 6.08 Å². The molecule has 0 N–H and O–H groups in total. The van der Waals surface area contributed by atoms with Crippen LogP contribution in [0.3, 0.4) is 0 Å². The van der Waals surface area contributed by atoms with Crippen LogP contribution in [0.15, 0.2) is 46.7 Å². The molecule has 0 aliphatic heterocycles. The Kier molecular flexibility index (Phi) is 8.27. The van der Waals surface area contributed by atoms with Crippen molar-refractivity contribution >= 4 is 22.8 Å². The maximum Gasteiger partial charge on any atom is 0.471 e. The Hall–Kier alpha value is -2.81. The number of likely N-dealkylation sites (N-methyl/N-ethyl adjacent to an activating group) is 1. The largest absolute Gasteiger partial charge is 0.493 e. The van der Waals surface area contributed by atoms with Gasteiger partial charge in [-0.3, -0.25) is 4.79 Å². The van der Waals surface area contributed by atoms with Gasteiger partial charge in [-0.15, -0.1) is 0 Å². The first kappa shape index (κ1) is 24.5. The molecule has 168 valence electrons. The number of hydrogen-bond acceptors (Lipinski definition) is 4. The highest BCUT2D eigenvalue weighted by Gasteiger charge is 2.41. The highest BCUT2D eigenvalue weighted by atomic mass is 32.2. The minimum Gasteiger partial charge on any atom is -0.493 e. The molecule has 0 bridgehead atoms. The average Bonchev–Trinajstić information content (AvgIpc) is 2.74. The molecule has 0 aliphatic carbocycles. The number of amides is 1. The van der Waals surface area contributed by atoms with Gasteiger partial charge in [0.2, 0.25) is 0 Å². The molecule has 2 aromatic carbocycles. The van der Waals surface area contributed by atoms with Crippen molar-refractivity contribution in [3.05, 3.63) is 58.5 Å². The van der Waals surface area contributed by atoms with Gasteiger partial charge in [-0.1, -0.05) is 17.7 Å². The Labute approximate surface area is 181 Å². The summed E-state index contributed by atoms with van der Waals surface area (Å²) in [6.45, 7) is 1.77. The van der Waals surface area contributed by atoms with Gasteiger partial charge in [0.05, 0.1) is 25.0 Å². The summed E-state index contributed by atoms with van der Waals surface area (Å²) in [5.74, 6) is -1.09. The Morgan fingerprint density at radius 2 is 1.68 bits per heavy atom. The van der Waals surface area contributed by atoms with Gasteiger partial charge in [0, 0.05) is 23.9 Å². The third-order valence-electron chi connectivity index (χ3n) is 4.58. The zero-order chi connectivity index (χ0) is 23.2. The highest BCUT2D eigenvalue weighted by molar-refractivity contribution is 7.88. The van der Waals surface area contributed by atoms with Crippen LogP contribution in [0.4, 0.5) is 13.2 Å². The van der Waals surface area contributed by atoms with Crippen LogP contribution in [0.2, 0.25) is 0 Å². The number of rotatable bonds is 8. The summed E-state index contributed by atoms with van der Waals surface area (Å²) in [6, 6.07) is 10.5. The molecular weight excluding hydrogens is 431 g/mol. The molecule has 2 aromatic rings. The molecule has 0 radical (unpaired) electrons. The molecule has 1 atom stereocenters. The standard InChI is InChI=1S/C22H24F3NO4S/c1-15-5-7-18(8-6-15)31(28)12-10-17-14-20(30-4)19(29-3)13-16(17)9-11-26(2)21(27)22(23,24)25/h5-8,10,12-14H,9,11H2,1-4H3/b12-10+. The van der Waals surface area contributed by atoms with Crippen LogP contribution in [-0.4, -0.2) is 49.0 Å². The maximum absolute atomic E-state index is 12.6. The number of benzene rings is 2. The number of aryl methyl sites for hydroxylation is 1. The van der Waals surface area contributed by atoms with E-state index >= 15 is 0 Å². The van der Waals surface area contributed by atoms with Crippen LogP contribution >= 0.6 is 0 Å². The number of methoxy groups -OCH3 is 2. The number of alkyl halides is 3. The van der Waals surface area contributed by atoms with Crippen molar-refractivity contribution in [2.24, 2.45) is 0 Å². The lowest BCUT2D eigenvalue weighted by atomic mass is 10.0. The van der Waals surface area contributed by atoms with E-state index in [1.807, 2.05) is 19.1 Å². The number of ether oxygens (including phenoxy) is 2. The third kappa shape index (κ3) is 6.58. The van der Waals surface area contributed by atoms with Gasteiger partial charge in [0.25, 0.3) is 0 Å². The number of halogens is 3. The van der Waals surface area contributed by atoms with Crippen molar-refractivity contribution in [1.82, 2.24) is 4.90 Å². The zero-order valence-corrected chi connectivity index (χ0v) is 18.5. The molecule has 2 rings (SSSR count). The van der Waals surface area contributed by atoms with Gasteiger partial charge < -0.3 is 14.4 Å². The molecule has 0 saturated carbocycles. The summed E-state index contributed by atoms with van der Waals surface area (Å²) in [4.78, 5) is 12.6. The number of carbonyl (C=O) groups is 1. The van der Waals surface area contributed by atoms with Crippen LogP contribution in [-0.2, 0) is 22.0 Å². The number of nitrogens with zero attached hydrogens (tertiary/aromatic N) is 1. The van der Waals surface area contributed by atoms with E-state index in [2.05, 4.69) is 0 Å². The van der Waals surface area contributed by atoms with Gasteiger partial charge in [-0.2, -0.15) is 13.2 Å². The molecule has 0 aromatic heterocycles. The van der Waals surface area contributed by atoms with Crippen LogP contribution in [0.5, 0.6) is 11.5 Å². The van der Waals surface area contributed by atoms with E-state index in [0.29, 0.717) is 32.4 Å². The van der Waals surface area contributed by atoms with Crippen molar-refractivity contribution in [3.8, 4) is 11.5 Å². The molecule has 9 heteroatoms. The summed E-state index contributed by atoms with van der Waals surface area (Å²) < 4.78 is 61.1. The minimum atomic E-state index is -4.93. The Balaban J connectivity index is 2.30. The fraction of sp³-hybridized carbons (Fsp3) is 0.318. The van der Waals surface area contributed by atoms with Gasteiger partial charge in [0.1, 0.15) is 0 Å². The van der Waals surface area contributed by atoms with Gasteiger partial charge in [-0.25, -0.2) is 4.21 Å². The first-order valence-electron chi connectivity index (χ1n) is 9.29. The second kappa shape index (κ2) is 10.5. The Morgan fingerprint density at radius 1 is 1.10 bits per heavy atom. The van der Waals surface area contributed by atoms with E-state index in [9.17, 15) is 22.2 Å². The lowest BCUT2D eigenvalue weighted by molar-refractivity contribution is -0.184. The summed E-state index contributed by atoms with van der Waals surface area (Å²) in [6.07, 6.45) is -3.17. The zero-order valence-electron chi connectivity index (χ0n) is 17.7. The molecule has 1 unspecified atom stereocenters. The second-order valence-electron chi connectivity index (χ2n) is 6.79. The van der Waals surface area contributed by atoms with Crippen molar-refractivity contribution in [2.75, 3.05) is 27.8 Å². The summed E-state index contributed by atoms with van der Waals surface area (Å²) in [5, 5.41) is 1.50. The van der Waals surface area contributed by atoms with Crippen molar-refractivity contribution in [3.63, 3.8) is 0 Å². The Morgan fingerprint density at radius 3 is 2.23 bits per heavy atom. The van der Waals surface area contributed by atoms with Gasteiger partial charge in [0.15, 0.2) is 11.5 Å². The Bertz CT molecular complexity index is 972. The van der Waals surface area contributed by atoms with Crippen molar-refractivity contribution < 1.29 is 31.6 Å². The fourth-order valence-electron chi connectivity index (χ4n) is 2.80. The molecule has 0 aliphatic rings. The van der Waals surface area contributed by atoms with Crippen LogP contribution in [0.1, 0.15) is 16.7 Å². The van der Waals surface area contributed by atoms with Crippen molar-refractivity contribution in [2.45, 2.75) is 24.4 Å².